The molecule has 2 rings (SSSR count). The van der Waals surface area contributed by atoms with Gasteiger partial charge in [0.1, 0.15) is 11.2 Å². The summed E-state index contributed by atoms with van der Waals surface area (Å²) in [6, 6.07) is 7.39. The van der Waals surface area contributed by atoms with Crippen molar-refractivity contribution in [2.75, 3.05) is 26.3 Å². The molecule has 1 aromatic rings. The first-order valence-electron chi connectivity index (χ1n) is 7.24. The molecule has 1 N–H and O–H groups in total. The molecule has 0 radical (unpaired) electrons. The fourth-order valence-electron chi connectivity index (χ4n) is 2.29. The smallest absolute Gasteiger partial charge is 0.410 e. The van der Waals surface area contributed by atoms with Crippen LogP contribution in [0.4, 0.5) is 4.79 Å². The maximum Gasteiger partial charge on any atom is 0.410 e. The maximum atomic E-state index is 12.3. The van der Waals surface area contributed by atoms with E-state index in [2.05, 4.69) is 15.9 Å². The van der Waals surface area contributed by atoms with Gasteiger partial charge in [0.25, 0.3) is 0 Å². The van der Waals surface area contributed by atoms with E-state index >= 15 is 0 Å². The highest BCUT2D eigenvalue weighted by Gasteiger charge is 2.37. The highest BCUT2D eigenvalue weighted by molar-refractivity contribution is 9.10. The minimum atomic E-state index is -1.25. The molecule has 0 aliphatic carbocycles. The van der Waals surface area contributed by atoms with Crippen molar-refractivity contribution in [2.45, 2.75) is 32.0 Å². The van der Waals surface area contributed by atoms with E-state index in [0.29, 0.717) is 18.7 Å². The van der Waals surface area contributed by atoms with Crippen LogP contribution in [-0.4, -0.2) is 48.0 Å². The zero-order valence-corrected chi connectivity index (χ0v) is 14.7. The summed E-state index contributed by atoms with van der Waals surface area (Å²) < 4.78 is 11.8. The molecule has 0 bridgehead atoms. The lowest BCUT2D eigenvalue weighted by atomic mass is 9.94. The molecular formula is C16H22BrNO4. The first-order valence-corrected chi connectivity index (χ1v) is 8.03. The van der Waals surface area contributed by atoms with E-state index in [4.69, 9.17) is 9.47 Å². The summed E-state index contributed by atoms with van der Waals surface area (Å²) in [5.41, 5.74) is -1.12. The predicted molar refractivity (Wildman–Crippen MR) is 86.7 cm³/mol. The van der Waals surface area contributed by atoms with Gasteiger partial charge in [-0.2, -0.15) is 0 Å². The van der Waals surface area contributed by atoms with Gasteiger partial charge < -0.3 is 19.5 Å². The number of ether oxygens (including phenoxy) is 2. The largest absolute Gasteiger partial charge is 0.444 e. The van der Waals surface area contributed by atoms with E-state index < -0.39 is 17.3 Å². The molecule has 1 saturated heterocycles. The van der Waals surface area contributed by atoms with Crippen LogP contribution >= 0.6 is 15.9 Å². The highest BCUT2D eigenvalue weighted by atomic mass is 79.9. The van der Waals surface area contributed by atoms with Gasteiger partial charge in [0.15, 0.2) is 0 Å². The molecule has 0 spiro atoms. The van der Waals surface area contributed by atoms with Gasteiger partial charge >= 0.3 is 6.09 Å². The minimum absolute atomic E-state index is 0.137. The predicted octanol–water partition coefficient (Wildman–Crippen LogP) is 2.90. The summed E-state index contributed by atoms with van der Waals surface area (Å²) in [5, 5.41) is 11.0. The minimum Gasteiger partial charge on any atom is -0.444 e. The fourth-order valence-corrected chi connectivity index (χ4v) is 2.69. The third-order valence-corrected chi connectivity index (χ3v) is 3.81. The lowest BCUT2D eigenvalue weighted by molar-refractivity contribution is -0.0444. The van der Waals surface area contributed by atoms with E-state index in [0.717, 1.165) is 4.47 Å². The molecule has 1 atom stereocenters. The molecule has 1 heterocycles. The molecule has 0 aromatic heterocycles. The van der Waals surface area contributed by atoms with Crippen molar-refractivity contribution in [2.24, 2.45) is 0 Å². The van der Waals surface area contributed by atoms with Crippen molar-refractivity contribution in [1.29, 1.82) is 0 Å². The number of amides is 1. The number of β-amino-alcohol motifs (C(OH)–C–C–N with tert-alkyl or cyclic N) is 1. The summed E-state index contributed by atoms with van der Waals surface area (Å²) in [4.78, 5) is 13.8. The third-order valence-electron chi connectivity index (χ3n) is 3.31. The molecule has 1 aliphatic heterocycles. The van der Waals surface area contributed by atoms with Crippen molar-refractivity contribution in [3.05, 3.63) is 34.3 Å². The lowest BCUT2D eigenvalue weighted by Crippen LogP contribution is -2.46. The Morgan fingerprint density at radius 1 is 1.45 bits per heavy atom. The fraction of sp³-hybridized carbons (Fsp3) is 0.562. The summed E-state index contributed by atoms with van der Waals surface area (Å²) in [5.74, 6) is 0. The summed E-state index contributed by atoms with van der Waals surface area (Å²) in [7, 11) is 0. The molecule has 6 heteroatoms. The van der Waals surface area contributed by atoms with Gasteiger partial charge in [0, 0.05) is 11.0 Å². The number of nitrogens with zero attached hydrogens (tertiary/aromatic N) is 1. The Kier molecular flexibility index (Phi) is 5.14. The van der Waals surface area contributed by atoms with Crippen molar-refractivity contribution in [3.63, 3.8) is 0 Å². The molecule has 1 fully saturated rings. The van der Waals surface area contributed by atoms with Crippen LogP contribution in [0.2, 0.25) is 0 Å². The van der Waals surface area contributed by atoms with Crippen LogP contribution in [0.5, 0.6) is 0 Å². The highest BCUT2D eigenvalue weighted by Crippen LogP contribution is 2.28. The van der Waals surface area contributed by atoms with Crippen LogP contribution in [0.1, 0.15) is 26.3 Å². The summed E-state index contributed by atoms with van der Waals surface area (Å²) in [6.07, 6.45) is -0.438. The molecule has 122 valence electrons. The van der Waals surface area contributed by atoms with Gasteiger partial charge in [-0.3, -0.25) is 0 Å². The Bertz CT molecular complexity index is 543. The quantitative estimate of drug-likeness (QED) is 0.824. The number of aliphatic hydroxyl groups is 1. The second-order valence-electron chi connectivity index (χ2n) is 6.50. The van der Waals surface area contributed by atoms with Crippen molar-refractivity contribution >= 4 is 22.0 Å². The summed E-state index contributed by atoms with van der Waals surface area (Å²) in [6.45, 7) is 6.50. The standard InChI is InChI=1S/C16H22BrNO4/c1-15(2,3)22-14(19)18-7-8-21-11-16(20,10-18)12-5-4-6-13(17)9-12/h4-6,9,20H,7-8,10-11H2,1-3H3. The van der Waals surface area contributed by atoms with Gasteiger partial charge in [0.2, 0.25) is 0 Å². The average Bonchev–Trinajstić information content (AvgIpc) is 2.60. The molecule has 5 nitrogen and oxygen atoms in total. The second-order valence-corrected chi connectivity index (χ2v) is 7.41. The Morgan fingerprint density at radius 3 is 2.82 bits per heavy atom. The third kappa shape index (κ3) is 4.44. The first kappa shape index (κ1) is 17.2. The van der Waals surface area contributed by atoms with Gasteiger partial charge in [0.05, 0.1) is 19.8 Å². The average molecular weight is 372 g/mol. The lowest BCUT2D eigenvalue weighted by Gasteiger charge is -2.32. The van der Waals surface area contributed by atoms with Crippen molar-refractivity contribution in [1.82, 2.24) is 4.90 Å². The molecular weight excluding hydrogens is 350 g/mol. The van der Waals surface area contributed by atoms with E-state index in [9.17, 15) is 9.90 Å². The topological polar surface area (TPSA) is 59.0 Å². The second kappa shape index (κ2) is 6.56. The number of hydrogen-bond donors (Lipinski definition) is 1. The first-order chi connectivity index (χ1) is 10.2. The number of hydrogen-bond acceptors (Lipinski definition) is 4. The zero-order chi connectivity index (χ0) is 16.4. The Morgan fingerprint density at radius 2 is 2.18 bits per heavy atom. The van der Waals surface area contributed by atoms with E-state index in [1.807, 2.05) is 45.0 Å². The van der Waals surface area contributed by atoms with Gasteiger partial charge in [-0.15, -0.1) is 0 Å². The van der Waals surface area contributed by atoms with Crippen LogP contribution in [0.25, 0.3) is 0 Å². The zero-order valence-electron chi connectivity index (χ0n) is 13.1. The Labute approximate surface area is 139 Å². The van der Waals surface area contributed by atoms with Crippen LogP contribution in [0.3, 0.4) is 0 Å². The Hall–Kier alpha value is -1.11. The van der Waals surface area contributed by atoms with Gasteiger partial charge in [-0.25, -0.2) is 4.79 Å². The van der Waals surface area contributed by atoms with Gasteiger partial charge in [-0.1, -0.05) is 28.1 Å². The number of benzene rings is 1. The number of carbonyl (C=O) groups is 1. The van der Waals surface area contributed by atoms with E-state index in [1.165, 1.54) is 4.90 Å². The van der Waals surface area contributed by atoms with Crippen LogP contribution < -0.4 is 0 Å². The SMILES string of the molecule is CC(C)(C)OC(=O)N1CCOCC(O)(c2cccc(Br)c2)C1. The number of carbonyl (C=O) groups excluding carboxylic acids is 1. The normalized spacial score (nSPS) is 23.0. The van der Waals surface area contributed by atoms with E-state index in [-0.39, 0.29) is 13.2 Å². The Balaban J connectivity index is 2.21. The van der Waals surface area contributed by atoms with Crippen molar-refractivity contribution in [3.8, 4) is 0 Å². The molecule has 22 heavy (non-hydrogen) atoms. The van der Waals surface area contributed by atoms with Crippen molar-refractivity contribution < 1.29 is 19.4 Å². The van der Waals surface area contributed by atoms with Crippen LogP contribution in [-0.2, 0) is 15.1 Å². The van der Waals surface area contributed by atoms with E-state index in [1.54, 1.807) is 0 Å². The maximum absolute atomic E-state index is 12.3. The summed E-state index contributed by atoms with van der Waals surface area (Å²) >= 11 is 3.40. The molecule has 1 amide bonds. The number of halogens is 1. The van der Waals surface area contributed by atoms with Crippen LogP contribution in [0.15, 0.2) is 28.7 Å². The monoisotopic (exact) mass is 371 g/mol. The molecule has 1 aliphatic rings. The number of rotatable bonds is 1. The molecule has 1 aromatic carbocycles. The van der Waals surface area contributed by atoms with Crippen LogP contribution in [0, 0.1) is 0 Å². The van der Waals surface area contributed by atoms with Gasteiger partial charge in [-0.05, 0) is 38.5 Å². The molecule has 1 unspecified atom stereocenters. The molecule has 0 saturated carbocycles.